The van der Waals surface area contributed by atoms with Crippen LogP contribution >= 0.6 is 0 Å². The van der Waals surface area contributed by atoms with Gasteiger partial charge in [0.15, 0.2) is 0 Å². The SMILES string of the molecule is Cc1nccnc1N1CCC[C@]2(CCC(=O)N(Cc3ccccn3)C2)C1. The normalized spacial score (nSPS) is 23.5. The van der Waals surface area contributed by atoms with Crippen molar-refractivity contribution >= 4 is 11.7 Å². The number of aromatic nitrogens is 3. The fourth-order valence-corrected chi connectivity index (χ4v) is 4.37. The maximum absolute atomic E-state index is 12.5. The molecule has 0 aromatic carbocycles. The van der Waals surface area contributed by atoms with E-state index in [1.807, 2.05) is 30.0 Å². The second-order valence-corrected chi connectivity index (χ2v) is 7.56. The number of carbonyl (C=O) groups is 1. The Kier molecular flexibility index (Phi) is 4.57. The lowest BCUT2D eigenvalue weighted by Gasteiger charge is -2.48. The average molecular weight is 351 g/mol. The molecule has 2 aliphatic heterocycles. The predicted molar refractivity (Wildman–Crippen MR) is 99.5 cm³/mol. The number of aryl methyl sites for hydroxylation is 1. The lowest BCUT2D eigenvalue weighted by Crippen LogP contribution is -2.54. The molecule has 1 atom stereocenters. The molecule has 2 saturated heterocycles. The largest absolute Gasteiger partial charge is 0.354 e. The van der Waals surface area contributed by atoms with Crippen molar-refractivity contribution in [3.8, 4) is 0 Å². The maximum Gasteiger partial charge on any atom is 0.222 e. The Morgan fingerprint density at radius 1 is 1.08 bits per heavy atom. The van der Waals surface area contributed by atoms with Crippen LogP contribution in [0.15, 0.2) is 36.8 Å². The molecule has 0 saturated carbocycles. The van der Waals surface area contributed by atoms with E-state index in [2.05, 4.69) is 19.9 Å². The second-order valence-electron chi connectivity index (χ2n) is 7.56. The molecule has 0 bridgehead atoms. The first kappa shape index (κ1) is 16.9. The van der Waals surface area contributed by atoms with Crippen LogP contribution in [0.1, 0.15) is 37.1 Å². The predicted octanol–water partition coefficient (Wildman–Crippen LogP) is 2.59. The number of rotatable bonds is 3. The number of likely N-dealkylation sites (tertiary alicyclic amines) is 1. The monoisotopic (exact) mass is 351 g/mol. The lowest BCUT2D eigenvalue weighted by molar-refractivity contribution is -0.138. The van der Waals surface area contributed by atoms with Gasteiger partial charge in [0.2, 0.25) is 5.91 Å². The average Bonchev–Trinajstić information content (AvgIpc) is 2.66. The Hall–Kier alpha value is -2.50. The Balaban J connectivity index is 1.52. The highest BCUT2D eigenvalue weighted by Gasteiger charge is 2.42. The Labute approximate surface area is 154 Å². The third-order valence-corrected chi connectivity index (χ3v) is 5.64. The lowest BCUT2D eigenvalue weighted by atomic mass is 9.73. The fourth-order valence-electron chi connectivity index (χ4n) is 4.37. The summed E-state index contributed by atoms with van der Waals surface area (Å²) in [6, 6.07) is 5.88. The molecule has 136 valence electrons. The molecular weight excluding hydrogens is 326 g/mol. The number of hydrogen-bond acceptors (Lipinski definition) is 5. The summed E-state index contributed by atoms with van der Waals surface area (Å²) in [5, 5.41) is 0. The van der Waals surface area contributed by atoms with E-state index in [9.17, 15) is 4.79 Å². The smallest absolute Gasteiger partial charge is 0.222 e. The Bertz CT molecular complexity index is 781. The van der Waals surface area contributed by atoms with Gasteiger partial charge in [-0.3, -0.25) is 14.8 Å². The first-order valence-electron chi connectivity index (χ1n) is 9.35. The van der Waals surface area contributed by atoms with Crippen LogP contribution in [0.4, 0.5) is 5.82 Å². The Morgan fingerprint density at radius 3 is 2.77 bits per heavy atom. The second kappa shape index (κ2) is 7.02. The summed E-state index contributed by atoms with van der Waals surface area (Å²) in [4.78, 5) is 30.2. The van der Waals surface area contributed by atoms with Gasteiger partial charge in [-0.25, -0.2) is 4.98 Å². The van der Waals surface area contributed by atoms with Crippen LogP contribution < -0.4 is 4.90 Å². The van der Waals surface area contributed by atoms with E-state index in [1.54, 1.807) is 18.6 Å². The number of hydrogen-bond donors (Lipinski definition) is 0. The summed E-state index contributed by atoms with van der Waals surface area (Å²) in [6.45, 7) is 5.37. The van der Waals surface area contributed by atoms with E-state index >= 15 is 0 Å². The molecule has 2 aliphatic rings. The molecule has 2 aromatic rings. The number of nitrogens with zero attached hydrogens (tertiary/aromatic N) is 5. The van der Waals surface area contributed by atoms with Crippen LogP contribution in [-0.4, -0.2) is 45.4 Å². The van der Waals surface area contributed by atoms with Crippen molar-refractivity contribution in [2.75, 3.05) is 24.5 Å². The Morgan fingerprint density at radius 2 is 1.96 bits per heavy atom. The molecule has 2 aromatic heterocycles. The first-order valence-corrected chi connectivity index (χ1v) is 9.35. The van der Waals surface area contributed by atoms with Gasteiger partial charge in [-0.2, -0.15) is 0 Å². The molecule has 0 radical (unpaired) electrons. The molecule has 1 amide bonds. The minimum absolute atomic E-state index is 0.144. The molecule has 6 heteroatoms. The van der Waals surface area contributed by atoms with E-state index in [0.29, 0.717) is 13.0 Å². The zero-order valence-corrected chi connectivity index (χ0v) is 15.3. The number of pyridine rings is 1. The van der Waals surface area contributed by atoms with Gasteiger partial charge in [0.05, 0.1) is 17.9 Å². The molecule has 0 aliphatic carbocycles. The van der Waals surface area contributed by atoms with Gasteiger partial charge in [0.25, 0.3) is 0 Å². The van der Waals surface area contributed by atoms with Crippen LogP contribution in [0.3, 0.4) is 0 Å². The highest BCUT2D eigenvalue weighted by molar-refractivity contribution is 5.77. The highest BCUT2D eigenvalue weighted by atomic mass is 16.2. The van der Waals surface area contributed by atoms with Gasteiger partial charge in [0.1, 0.15) is 5.82 Å². The van der Waals surface area contributed by atoms with E-state index in [1.165, 1.54) is 0 Å². The number of carbonyl (C=O) groups excluding carboxylic acids is 1. The molecule has 6 nitrogen and oxygen atoms in total. The molecule has 2 fully saturated rings. The summed E-state index contributed by atoms with van der Waals surface area (Å²) < 4.78 is 0. The van der Waals surface area contributed by atoms with Crippen molar-refractivity contribution in [2.24, 2.45) is 5.41 Å². The van der Waals surface area contributed by atoms with Crippen LogP contribution in [0, 0.1) is 12.3 Å². The van der Waals surface area contributed by atoms with Crippen LogP contribution in [0.2, 0.25) is 0 Å². The quantitative estimate of drug-likeness (QED) is 0.850. The third-order valence-electron chi connectivity index (χ3n) is 5.64. The van der Waals surface area contributed by atoms with Gasteiger partial charge in [-0.1, -0.05) is 6.07 Å². The van der Waals surface area contributed by atoms with E-state index < -0.39 is 0 Å². The number of anilines is 1. The van der Waals surface area contributed by atoms with E-state index in [0.717, 1.165) is 56.1 Å². The molecular formula is C20H25N5O. The maximum atomic E-state index is 12.5. The minimum atomic E-state index is 0.144. The first-order chi connectivity index (χ1) is 12.7. The van der Waals surface area contributed by atoms with Crippen LogP contribution in [-0.2, 0) is 11.3 Å². The summed E-state index contributed by atoms with van der Waals surface area (Å²) >= 11 is 0. The van der Waals surface area contributed by atoms with Gasteiger partial charge in [0, 0.05) is 50.1 Å². The zero-order chi connectivity index (χ0) is 18.0. The van der Waals surface area contributed by atoms with Gasteiger partial charge in [-0.15, -0.1) is 0 Å². The third kappa shape index (κ3) is 3.41. The number of amides is 1. The zero-order valence-electron chi connectivity index (χ0n) is 15.3. The van der Waals surface area contributed by atoms with Crippen LogP contribution in [0.5, 0.6) is 0 Å². The fraction of sp³-hybridized carbons (Fsp3) is 0.500. The standard InChI is InChI=1S/C20H25N5O/c1-16-19(23-11-10-21-16)24-12-4-7-20(14-24)8-6-18(26)25(15-20)13-17-5-2-3-9-22-17/h2-3,5,9-11H,4,6-8,12-15H2,1H3/t20-/m0/s1. The van der Waals surface area contributed by atoms with Crippen molar-refractivity contribution < 1.29 is 4.79 Å². The highest BCUT2D eigenvalue weighted by Crippen LogP contribution is 2.40. The molecule has 1 spiro atoms. The van der Waals surface area contributed by atoms with Crippen molar-refractivity contribution in [1.82, 2.24) is 19.9 Å². The van der Waals surface area contributed by atoms with Crippen molar-refractivity contribution in [2.45, 2.75) is 39.2 Å². The molecule has 4 rings (SSSR count). The summed E-state index contributed by atoms with van der Waals surface area (Å²) in [5.74, 6) is 1.23. The van der Waals surface area contributed by atoms with Gasteiger partial charge in [-0.05, 0) is 38.3 Å². The molecule has 26 heavy (non-hydrogen) atoms. The van der Waals surface area contributed by atoms with E-state index in [4.69, 9.17) is 0 Å². The van der Waals surface area contributed by atoms with E-state index in [-0.39, 0.29) is 11.3 Å². The van der Waals surface area contributed by atoms with Crippen molar-refractivity contribution in [3.05, 3.63) is 48.2 Å². The summed E-state index contributed by atoms with van der Waals surface area (Å²) in [5.41, 5.74) is 2.07. The number of piperidine rings is 2. The topological polar surface area (TPSA) is 62.2 Å². The molecule has 4 heterocycles. The molecule has 0 N–H and O–H groups in total. The van der Waals surface area contributed by atoms with Crippen molar-refractivity contribution in [1.29, 1.82) is 0 Å². The van der Waals surface area contributed by atoms with Gasteiger partial charge < -0.3 is 9.80 Å². The summed E-state index contributed by atoms with van der Waals surface area (Å²) in [6.07, 6.45) is 9.17. The summed E-state index contributed by atoms with van der Waals surface area (Å²) in [7, 11) is 0. The van der Waals surface area contributed by atoms with Crippen molar-refractivity contribution in [3.63, 3.8) is 0 Å². The van der Waals surface area contributed by atoms with Crippen LogP contribution in [0.25, 0.3) is 0 Å². The van der Waals surface area contributed by atoms with Gasteiger partial charge >= 0.3 is 0 Å². The minimum Gasteiger partial charge on any atom is -0.354 e. The molecule has 0 unspecified atom stereocenters.